The molecule has 0 saturated carbocycles. The van der Waals surface area contributed by atoms with Gasteiger partial charge in [0.1, 0.15) is 0 Å². The average Bonchev–Trinajstić information content (AvgIpc) is 2.28. The van der Waals surface area contributed by atoms with Crippen LogP contribution in [0.2, 0.25) is 0 Å². The Hall–Kier alpha value is -0.830. The molecule has 17 heavy (non-hydrogen) atoms. The molecule has 2 unspecified atom stereocenters. The Bertz CT molecular complexity index is 261. The normalized spacial score (nSPS) is 21.7. The first kappa shape index (κ1) is 14.2. The Morgan fingerprint density at radius 1 is 1.47 bits per heavy atom. The third kappa shape index (κ3) is 5.87. The van der Waals surface area contributed by atoms with Gasteiger partial charge in [-0.15, -0.1) is 0 Å². The topological polar surface area (TPSA) is 49.3 Å². The molecule has 0 fully saturated rings. The van der Waals surface area contributed by atoms with E-state index in [0.717, 1.165) is 19.4 Å². The van der Waals surface area contributed by atoms with Gasteiger partial charge in [0, 0.05) is 6.54 Å². The quantitative estimate of drug-likeness (QED) is 0.672. The minimum Gasteiger partial charge on any atom is -0.481 e. The number of carboxylic acids is 1. The highest BCUT2D eigenvalue weighted by atomic mass is 16.4. The fourth-order valence-electron chi connectivity index (χ4n) is 2.34. The van der Waals surface area contributed by atoms with Crippen molar-refractivity contribution in [2.75, 3.05) is 13.1 Å². The molecule has 2 N–H and O–H groups in total. The zero-order valence-corrected chi connectivity index (χ0v) is 11.0. The highest BCUT2D eigenvalue weighted by Crippen LogP contribution is 2.17. The summed E-state index contributed by atoms with van der Waals surface area (Å²) in [6, 6.07) is 0. The number of nitrogens with one attached hydrogen (secondary N) is 1. The van der Waals surface area contributed by atoms with E-state index in [-0.39, 0.29) is 5.92 Å². The maximum absolute atomic E-state index is 11.1. The second-order valence-corrected chi connectivity index (χ2v) is 5.47. The monoisotopic (exact) mass is 239 g/mol. The maximum atomic E-state index is 11.1. The fraction of sp³-hybridized carbons (Fsp3) is 0.786. The van der Waals surface area contributed by atoms with Crippen molar-refractivity contribution in [3.8, 4) is 0 Å². The predicted molar refractivity (Wildman–Crippen MR) is 69.9 cm³/mol. The first-order valence-corrected chi connectivity index (χ1v) is 6.68. The number of aliphatic carboxylic acids is 1. The molecular formula is C14H25NO2. The van der Waals surface area contributed by atoms with E-state index < -0.39 is 5.97 Å². The molecule has 0 spiro atoms. The lowest BCUT2D eigenvalue weighted by molar-refractivity contribution is -0.142. The summed E-state index contributed by atoms with van der Waals surface area (Å²) < 4.78 is 0. The molecule has 0 aliphatic heterocycles. The molecule has 2 atom stereocenters. The SMILES string of the molecule is CC(C)CC(CNCC1CC=CCC1)C(=O)O. The van der Waals surface area contributed by atoms with Crippen LogP contribution in [-0.2, 0) is 4.79 Å². The van der Waals surface area contributed by atoms with E-state index in [1.54, 1.807) is 0 Å². The van der Waals surface area contributed by atoms with Crippen molar-refractivity contribution in [2.24, 2.45) is 17.8 Å². The Balaban J connectivity index is 2.22. The van der Waals surface area contributed by atoms with Crippen molar-refractivity contribution < 1.29 is 9.90 Å². The van der Waals surface area contributed by atoms with E-state index in [0.29, 0.717) is 18.4 Å². The first-order chi connectivity index (χ1) is 8.09. The van der Waals surface area contributed by atoms with Crippen molar-refractivity contribution >= 4 is 5.97 Å². The Morgan fingerprint density at radius 2 is 2.24 bits per heavy atom. The summed E-state index contributed by atoms with van der Waals surface area (Å²) >= 11 is 0. The van der Waals surface area contributed by atoms with E-state index in [9.17, 15) is 4.79 Å². The summed E-state index contributed by atoms with van der Waals surface area (Å²) in [5.74, 6) is 0.216. The number of carbonyl (C=O) groups is 1. The van der Waals surface area contributed by atoms with E-state index in [2.05, 4.69) is 31.3 Å². The van der Waals surface area contributed by atoms with Crippen molar-refractivity contribution in [1.82, 2.24) is 5.32 Å². The third-order valence-corrected chi connectivity index (χ3v) is 3.31. The molecule has 0 amide bonds. The van der Waals surface area contributed by atoms with Gasteiger partial charge in [0.25, 0.3) is 0 Å². The van der Waals surface area contributed by atoms with Crippen LogP contribution in [0.1, 0.15) is 39.5 Å². The van der Waals surface area contributed by atoms with E-state index >= 15 is 0 Å². The Kier molecular flexibility index (Phi) is 6.27. The lowest BCUT2D eigenvalue weighted by Gasteiger charge is -2.20. The van der Waals surface area contributed by atoms with Crippen LogP contribution in [0.15, 0.2) is 12.2 Å². The summed E-state index contributed by atoms with van der Waals surface area (Å²) in [6.07, 6.45) is 8.75. The highest BCUT2D eigenvalue weighted by molar-refractivity contribution is 5.70. The average molecular weight is 239 g/mol. The van der Waals surface area contributed by atoms with Crippen LogP contribution in [0.4, 0.5) is 0 Å². The molecule has 1 aliphatic carbocycles. The Labute approximate surface area is 104 Å². The summed E-state index contributed by atoms with van der Waals surface area (Å²) in [6.45, 7) is 5.70. The summed E-state index contributed by atoms with van der Waals surface area (Å²) in [7, 11) is 0. The molecule has 0 saturated heterocycles. The van der Waals surface area contributed by atoms with Gasteiger partial charge >= 0.3 is 5.97 Å². The third-order valence-electron chi connectivity index (χ3n) is 3.31. The van der Waals surface area contributed by atoms with Crippen LogP contribution in [-0.4, -0.2) is 24.2 Å². The molecule has 0 aromatic rings. The van der Waals surface area contributed by atoms with Crippen LogP contribution < -0.4 is 5.32 Å². The summed E-state index contributed by atoms with van der Waals surface area (Å²) in [5.41, 5.74) is 0. The minimum absolute atomic E-state index is 0.242. The first-order valence-electron chi connectivity index (χ1n) is 6.68. The van der Waals surface area contributed by atoms with E-state index in [4.69, 9.17) is 5.11 Å². The van der Waals surface area contributed by atoms with Crippen molar-refractivity contribution in [3.05, 3.63) is 12.2 Å². The van der Waals surface area contributed by atoms with Gasteiger partial charge in [-0.3, -0.25) is 4.79 Å². The molecule has 3 heteroatoms. The van der Waals surface area contributed by atoms with Crippen LogP contribution in [0.5, 0.6) is 0 Å². The summed E-state index contributed by atoms with van der Waals surface area (Å²) in [4.78, 5) is 11.1. The molecular weight excluding hydrogens is 214 g/mol. The second-order valence-electron chi connectivity index (χ2n) is 5.47. The van der Waals surface area contributed by atoms with Gasteiger partial charge in [-0.2, -0.15) is 0 Å². The molecule has 0 aromatic carbocycles. The van der Waals surface area contributed by atoms with Crippen LogP contribution in [0.25, 0.3) is 0 Å². The lowest BCUT2D eigenvalue weighted by Crippen LogP contribution is -2.32. The number of hydrogen-bond donors (Lipinski definition) is 2. The van der Waals surface area contributed by atoms with Gasteiger partial charge < -0.3 is 10.4 Å². The number of allylic oxidation sites excluding steroid dienone is 2. The van der Waals surface area contributed by atoms with Crippen LogP contribution >= 0.6 is 0 Å². The van der Waals surface area contributed by atoms with Crippen LogP contribution in [0, 0.1) is 17.8 Å². The minimum atomic E-state index is -0.672. The van der Waals surface area contributed by atoms with Gasteiger partial charge in [0.05, 0.1) is 5.92 Å². The highest BCUT2D eigenvalue weighted by Gasteiger charge is 2.19. The predicted octanol–water partition coefficient (Wildman–Crippen LogP) is 2.68. The van der Waals surface area contributed by atoms with Crippen LogP contribution in [0.3, 0.4) is 0 Å². The zero-order valence-electron chi connectivity index (χ0n) is 11.0. The van der Waals surface area contributed by atoms with Gasteiger partial charge in [-0.1, -0.05) is 26.0 Å². The van der Waals surface area contributed by atoms with Gasteiger partial charge in [-0.25, -0.2) is 0 Å². The van der Waals surface area contributed by atoms with Gasteiger partial charge in [0.15, 0.2) is 0 Å². The van der Waals surface area contributed by atoms with Crippen molar-refractivity contribution in [2.45, 2.75) is 39.5 Å². The molecule has 0 bridgehead atoms. The summed E-state index contributed by atoms with van der Waals surface area (Å²) in [5, 5.41) is 12.4. The Morgan fingerprint density at radius 3 is 2.76 bits per heavy atom. The molecule has 98 valence electrons. The number of carboxylic acid groups (broad SMARTS) is 1. The van der Waals surface area contributed by atoms with Crippen molar-refractivity contribution in [1.29, 1.82) is 0 Å². The van der Waals surface area contributed by atoms with Gasteiger partial charge in [0.2, 0.25) is 0 Å². The smallest absolute Gasteiger partial charge is 0.307 e. The molecule has 3 nitrogen and oxygen atoms in total. The number of rotatable bonds is 7. The molecule has 1 aliphatic rings. The number of hydrogen-bond acceptors (Lipinski definition) is 2. The largest absolute Gasteiger partial charge is 0.481 e. The van der Waals surface area contributed by atoms with E-state index in [1.807, 2.05) is 0 Å². The second kappa shape index (κ2) is 7.49. The lowest BCUT2D eigenvalue weighted by atomic mass is 9.93. The molecule has 0 heterocycles. The van der Waals surface area contributed by atoms with E-state index in [1.165, 1.54) is 12.8 Å². The zero-order chi connectivity index (χ0) is 12.7. The maximum Gasteiger partial charge on any atom is 0.307 e. The fourth-order valence-corrected chi connectivity index (χ4v) is 2.34. The van der Waals surface area contributed by atoms with Crippen molar-refractivity contribution in [3.63, 3.8) is 0 Å². The molecule has 0 aromatic heterocycles. The standard InChI is InChI=1S/C14H25NO2/c1-11(2)8-13(14(16)17)10-15-9-12-6-4-3-5-7-12/h3-4,11-13,15H,5-10H2,1-2H3,(H,16,17). The molecule has 0 radical (unpaired) electrons. The van der Waals surface area contributed by atoms with Gasteiger partial charge in [-0.05, 0) is 44.1 Å². The molecule has 1 rings (SSSR count).